The summed E-state index contributed by atoms with van der Waals surface area (Å²) in [5.74, 6) is -0.675. The zero-order valence-corrected chi connectivity index (χ0v) is 12.9. The number of benzene rings is 1. The standard InChI is InChI=1S/C17H23NO3/c1-11-7-9-17(10-8-11,16(20)21)18-15(19)14-12(2)5-4-6-13(14)3/h4-6,11H,7-10H2,1-3H3,(H,18,19)(H,20,21). The summed E-state index contributed by atoms with van der Waals surface area (Å²) in [4.78, 5) is 24.3. The largest absolute Gasteiger partial charge is 0.480 e. The van der Waals surface area contributed by atoms with Crippen LogP contribution in [0.5, 0.6) is 0 Å². The van der Waals surface area contributed by atoms with E-state index in [9.17, 15) is 14.7 Å². The molecule has 0 heterocycles. The van der Waals surface area contributed by atoms with Crippen LogP contribution >= 0.6 is 0 Å². The predicted molar refractivity (Wildman–Crippen MR) is 81.4 cm³/mol. The number of nitrogens with one attached hydrogen (secondary N) is 1. The van der Waals surface area contributed by atoms with Crippen LogP contribution in [0.25, 0.3) is 0 Å². The van der Waals surface area contributed by atoms with Crippen LogP contribution in [0, 0.1) is 19.8 Å². The highest BCUT2D eigenvalue weighted by Gasteiger charge is 2.42. The number of aliphatic carboxylic acids is 1. The third-order valence-electron chi connectivity index (χ3n) is 4.60. The van der Waals surface area contributed by atoms with Crippen LogP contribution < -0.4 is 5.32 Å². The molecule has 0 aromatic heterocycles. The van der Waals surface area contributed by atoms with Gasteiger partial charge in [0.15, 0.2) is 0 Å². The summed E-state index contributed by atoms with van der Waals surface area (Å²) in [6, 6.07) is 5.65. The molecule has 0 aliphatic heterocycles. The molecule has 1 aromatic carbocycles. The Morgan fingerprint density at radius 3 is 2.19 bits per heavy atom. The van der Waals surface area contributed by atoms with E-state index in [1.807, 2.05) is 32.0 Å². The van der Waals surface area contributed by atoms with Gasteiger partial charge in [0.1, 0.15) is 5.54 Å². The average Bonchev–Trinajstić information content (AvgIpc) is 2.41. The lowest BCUT2D eigenvalue weighted by Gasteiger charge is -2.36. The van der Waals surface area contributed by atoms with Crippen molar-refractivity contribution >= 4 is 11.9 Å². The summed E-state index contributed by atoms with van der Waals surface area (Å²) in [6.45, 7) is 5.87. The van der Waals surface area contributed by atoms with Crippen molar-refractivity contribution in [3.8, 4) is 0 Å². The zero-order chi connectivity index (χ0) is 15.6. The Kier molecular flexibility index (Phi) is 4.35. The Morgan fingerprint density at radius 2 is 1.71 bits per heavy atom. The van der Waals surface area contributed by atoms with Gasteiger partial charge in [0.25, 0.3) is 5.91 Å². The van der Waals surface area contributed by atoms with Gasteiger partial charge < -0.3 is 10.4 Å². The molecule has 2 rings (SSSR count). The fraction of sp³-hybridized carbons (Fsp3) is 0.529. The maximum absolute atomic E-state index is 12.6. The van der Waals surface area contributed by atoms with Gasteiger partial charge in [-0.25, -0.2) is 4.79 Å². The summed E-state index contributed by atoms with van der Waals surface area (Å²) >= 11 is 0. The number of hydrogen-bond acceptors (Lipinski definition) is 2. The van der Waals surface area contributed by atoms with Crippen molar-refractivity contribution in [1.82, 2.24) is 5.32 Å². The number of carboxylic acids is 1. The normalized spacial score (nSPS) is 25.4. The maximum Gasteiger partial charge on any atom is 0.329 e. The topological polar surface area (TPSA) is 66.4 Å². The first kappa shape index (κ1) is 15.5. The summed E-state index contributed by atoms with van der Waals surface area (Å²) in [7, 11) is 0. The van der Waals surface area contributed by atoms with Crippen LogP contribution in [0.2, 0.25) is 0 Å². The van der Waals surface area contributed by atoms with Crippen LogP contribution in [-0.4, -0.2) is 22.5 Å². The van der Waals surface area contributed by atoms with Crippen LogP contribution in [0.1, 0.15) is 54.1 Å². The van der Waals surface area contributed by atoms with Crippen molar-refractivity contribution in [2.45, 2.75) is 52.0 Å². The number of aryl methyl sites for hydroxylation is 2. The second kappa shape index (κ2) is 5.88. The summed E-state index contributed by atoms with van der Waals surface area (Å²) < 4.78 is 0. The second-order valence-corrected chi connectivity index (χ2v) is 6.29. The summed E-state index contributed by atoms with van der Waals surface area (Å²) in [6.07, 6.45) is 2.67. The van der Waals surface area contributed by atoms with Crippen LogP contribution in [-0.2, 0) is 4.79 Å². The molecule has 21 heavy (non-hydrogen) atoms. The van der Waals surface area contributed by atoms with Gasteiger partial charge in [-0.15, -0.1) is 0 Å². The average molecular weight is 289 g/mol. The number of carbonyl (C=O) groups excluding carboxylic acids is 1. The van der Waals surface area contributed by atoms with Gasteiger partial charge in [0.05, 0.1) is 0 Å². The molecule has 0 radical (unpaired) electrons. The Bertz CT molecular complexity index is 537. The van der Waals surface area contributed by atoms with E-state index >= 15 is 0 Å². The van der Waals surface area contributed by atoms with E-state index in [1.54, 1.807) is 0 Å². The lowest BCUT2D eigenvalue weighted by Crippen LogP contribution is -2.56. The number of hydrogen-bond donors (Lipinski definition) is 2. The highest BCUT2D eigenvalue weighted by atomic mass is 16.4. The predicted octanol–water partition coefficient (Wildman–Crippen LogP) is 3.07. The molecule has 4 heteroatoms. The van der Waals surface area contributed by atoms with Crippen molar-refractivity contribution < 1.29 is 14.7 Å². The molecule has 1 aliphatic carbocycles. The highest BCUT2D eigenvalue weighted by Crippen LogP contribution is 2.32. The van der Waals surface area contributed by atoms with E-state index in [0.29, 0.717) is 24.3 Å². The van der Waals surface area contributed by atoms with Crippen LogP contribution in [0.3, 0.4) is 0 Å². The van der Waals surface area contributed by atoms with E-state index in [4.69, 9.17) is 0 Å². The zero-order valence-electron chi connectivity index (χ0n) is 12.9. The highest BCUT2D eigenvalue weighted by molar-refractivity contribution is 6.00. The van der Waals surface area contributed by atoms with E-state index < -0.39 is 11.5 Å². The Hall–Kier alpha value is -1.84. The second-order valence-electron chi connectivity index (χ2n) is 6.29. The first-order valence-electron chi connectivity index (χ1n) is 7.48. The fourth-order valence-electron chi connectivity index (χ4n) is 3.10. The van der Waals surface area contributed by atoms with Crippen molar-refractivity contribution in [2.75, 3.05) is 0 Å². The number of amides is 1. The molecule has 0 saturated heterocycles. The minimum absolute atomic E-state index is 0.275. The monoisotopic (exact) mass is 289 g/mol. The molecule has 4 nitrogen and oxygen atoms in total. The third kappa shape index (κ3) is 3.09. The first-order valence-corrected chi connectivity index (χ1v) is 7.48. The van der Waals surface area contributed by atoms with E-state index in [0.717, 1.165) is 24.0 Å². The third-order valence-corrected chi connectivity index (χ3v) is 4.60. The quantitative estimate of drug-likeness (QED) is 0.898. The van der Waals surface area contributed by atoms with Crippen LogP contribution in [0.15, 0.2) is 18.2 Å². The van der Waals surface area contributed by atoms with Gasteiger partial charge in [0.2, 0.25) is 0 Å². The maximum atomic E-state index is 12.6. The molecule has 1 fully saturated rings. The number of carboxylic acid groups (broad SMARTS) is 1. The minimum Gasteiger partial charge on any atom is -0.480 e. The van der Waals surface area contributed by atoms with Gasteiger partial charge in [-0.05, 0) is 56.6 Å². The van der Waals surface area contributed by atoms with Gasteiger partial charge >= 0.3 is 5.97 Å². The molecule has 114 valence electrons. The van der Waals surface area contributed by atoms with Crippen molar-refractivity contribution in [2.24, 2.45) is 5.92 Å². The lowest BCUT2D eigenvalue weighted by molar-refractivity contribution is -0.146. The molecule has 1 amide bonds. The molecule has 0 bridgehead atoms. The van der Waals surface area contributed by atoms with Gasteiger partial charge in [-0.3, -0.25) is 4.79 Å². The SMILES string of the molecule is Cc1cccc(C)c1C(=O)NC1(C(=O)O)CCC(C)CC1. The van der Waals surface area contributed by atoms with Gasteiger partial charge in [-0.2, -0.15) is 0 Å². The molecule has 0 spiro atoms. The van der Waals surface area contributed by atoms with E-state index in [2.05, 4.69) is 12.2 Å². The first-order chi connectivity index (χ1) is 9.85. The van der Waals surface area contributed by atoms with E-state index in [-0.39, 0.29) is 5.91 Å². The number of carbonyl (C=O) groups is 2. The molecule has 0 atom stereocenters. The fourth-order valence-corrected chi connectivity index (χ4v) is 3.10. The smallest absolute Gasteiger partial charge is 0.329 e. The molecule has 2 N–H and O–H groups in total. The van der Waals surface area contributed by atoms with Crippen LogP contribution in [0.4, 0.5) is 0 Å². The molecular formula is C17H23NO3. The van der Waals surface area contributed by atoms with Gasteiger partial charge in [-0.1, -0.05) is 25.1 Å². The Balaban J connectivity index is 2.26. The van der Waals surface area contributed by atoms with Gasteiger partial charge in [0, 0.05) is 5.56 Å². The lowest BCUT2D eigenvalue weighted by atomic mass is 9.77. The van der Waals surface area contributed by atoms with Crippen molar-refractivity contribution in [1.29, 1.82) is 0 Å². The van der Waals surface area contributed by atoms with Crippen molar-refractivity contribution in [3.05, 3.63) is 34.9 Å². The molecule has 0 unspecified atom stereocenters. The minimum atomic E-state index is -1.11. The van der Waals surface area contributed by atoms with E-state index in [1.165, 1.54) is 0 Å². The molecule has 1 aromatic rings. The Labute approximate surface area is 125 Å². The summed E-state index contributed by atoms with van der Waals surface area (Å²) in [5, 5.41) is 12.4. The Morgan fingerprint density at radius 1 is 1.19 bits per heavy atom. The molecule has 1 saturated carbocycles. The number of rotatable bonds is 3. The summed E-state index contributed by atoms with van der Waals surface area (Å²) in [5.41, 5.74) is 1.23. The molecular weight excluding hydrogens is 266 g/mol. The molecule has 1 aliphatic rings. The van der Waals surface area contributed by atoms with Crippen molar-refractivity contribution in [3.63, 3.8) is 0 Å².